The van der Waals surface area contributed by atoms with E-state index in [1.165, 1.54) is 54.6 Å². The molecular formula is C35H46N2O. The second-order valence-corrected chi connectivity index (χ2v) is 11.3. The summed E-state index contributed by atoms with van der Waals surface area (Å²) in [6, 6.07) is 19.6. The molecule has 0 saturated carbocycles. The van der Waals surface area contributed by atoms with Gasteiger partial charge in [0.1, 0.15) is 0 Å². The molecule has 1 amide bonds. The number of amides is 1. The van der Waals surface area contributed by atoms with Gasteiger partial charge in [0.05, 0.1) is 0 Å². The summed E-state index contributed by atoms with van der Waals surface area (Å²) < 4.78 is 0. The van der Waals surface area contributed by atoms with Crippen molar-refractivity contribution in [3.8, 4) is 0 Å². The minimum absolute atomic E-state index is 0.0204. The maximum absolute atomic E-state index is 13.9. The van der Waals surface area contributed by atoms with Gasteiger partial charge in [-0.2, -0.15) is 0 Å². The van der Waals surface area contributed by atoms with Gasteiger partial charge in [0.2, 0.25) is 5.91 Å². The van der Waals surface area contributed by atoms with Gasteiger partial charge in [0.15, 0.2) is 0 Å². The zero-order chi connectivity index (χ0) is 27.0. The van der Waals surface area contributed by atoms with Gasteiger partial charge in [-0.3, -0.25) is 4.79 Å². The smallest absolute Gasteiger partial charge is 0.223 e. The highest BCUT2D eigenvalue weighted by molar-refractivity contribution is 5.78. The quantitative estimate of drug-likeness (QED) is 0.324. The van der Waals surface area contributed by atoms with Gasteiger partial charge < -0.3 is 9.80 Å². The predicted octanol–water partition coefficient (Wildman–Crippen LogP) is 7.59. The summed E-state index contributed by atoms with van der Waals surface area (Å²) >= 11 is 0. The molecule has 0 aromatic heterocycles. The van der Waals surface area contributed by atoms with E-state index in [2.05, 4.69) is 97.0 Å². The Morgan fingerprint density at radius 2 is 1.63 bits per heavy atom. The van der Waals surface area contributed by atoms with Crippen molar-refractivity contribution < 1.29 is 4.79 Å². The fraction of sp³-hybridized carbons (Fsp3) is 0.457. The first kappa shape index (κ1) is 28.1. The van der Waals surface area contributed by atoms with Crippen molar-refractivity contribution in [2.75, 3.05) is 32.7 Å². The lowest BCUT2D eigenvalue weighted by Gasteiger charge is -2.46. The molecule has 1 atom stereocenters. The second kappa shape index (κ2) is 13.2. The van der Waals surface area contributed by atoms with Crippen LogP contribution in [0, 0.1) is 6.92 Å². The van der Waals surface area contributed by atoms with Crippen molar-refractivity contribution in [2.45, 2.75) is 70.6 Å². The summed E-state index contributed by atoms with van der Waals surface area (Å²) in [6.07, 6.45) is 12.7. The molecule has 0 aliphatic carbocycles. The molecule has 2 aliphatic rings. The molecule has 3 heteroatoms. The molecule has 4 rings (SSSR count). The van der Waals surface area contributed by atoms with Gasteiger partial charge in [-0.15, -0.1) is 0 Å². The number of allylic oxidation sites excluding steroid dienone is 5. The van der Waals surface area contributed by atoms with Crippen LogP contribution in [-0.4, -0.2) is 48.4 Å². The molecule has 3 nitrogen and oxygen atoms in total. The number of carbonyl (C=O) groups excluding carboxylic acids is 1. The summed E-state index contributed by atoms with van der Waals surface area (Å²) in [7, 11) is 0. The highest BCUT2D eigenvalue weighted by Crippen LogP contribution is 2.39. The molecule has 0 bridgehead atoms. The highest BCUT2D eigenvalue weighted by atomic mass is 16.2. The third-order valence-electron chi connectivity index (χ3n) is 8.86. The summed E-state index contributed by atoms with van der Waals surface area (Å²) in [5.41, 5.74) is 6.34. The number of aryl methyl sites for hydroxylation is 1. The van der Waals surface area contributed by atoms with E-state index >= 15 is 0 Å². The van der Waals surface area contributed by atoms with Crippen LogP contribution in [0.4, 0.5) is 0 Å². The molecule has 2 aliphatic heterocycles. The number of hydrogen-bond donors (Lipinski definition) is 0. The number of hydrogen-bond acceptors (Lipinski definition) is 2. The first-order valence-corrected chi connectivity index (χ1v) is 14.5. The second-order valence-electron chi connectivity index (χ2n) is 11.3. The zero-order valence-corrected chi connectivity index (χ0v) is 23.8. The van der Waals surface area contributed by atoms with Gasteiger partial charge >= 0.3 is 0 Å². The summed E-state index contributed by atoms with van der Waals surface area (Å²) in [6.45, 7) is 15.5. The Balaban J connectivity index is 1.55. The van der Waals surface area contributed by atoms with Crippen molar-refractivity contribution in [1.29, 1.82) is 0 Å². The molecule has 2 saturated heterocycles. The zero-order valence-electron chi connectivity index (χ0n) is 23.8. The van der Waals surface area contributed by atoms with Crippen LogP contribution in [0.5, 0.6) is 0 Å². The van der Waals surface area contributed by atoms with E-state index < -0.39 is 0 Å². The van der Waals surface area contributed by atoms with Crippen molar-refractivity contribution >= 4 is 5.91 Å². The Bertz CT molecular complexity index is 1130. The van der Waals surface area contributed by atoms with Crippen molar-refractivity contribution in [3.05, 3.63) is 107 Å². The van der Waals surface area contributed by atoms with Gasteiger partial charge in [-0.25, -0.2) is 0 Å². The first-order chi connectivity index (χ1) is 18.5. The number of piperidine rings is 2. The van der Waals surface area contributed by atoms with E-state index in [0.717, 1.165) is 38.0 Å². The SMILES string of the molecule is C=C/C(C)=C(\C=C/C)C(CC(=O)N1CCC(CN2CCCCC2)(c2ccccc2)CC1)c1ccccc1C. The topological polar surface area (TPSA) is 23.6 Å². The van der Waals surface area contributed by atoms with Gasteiger partial charge in [0.25, 0.3) is 0 Å². The van der Waals surface area contributed by atoms with Crippen LogP contribution in [-0.2, 0) is 10.2 Å². The molecule has 2 aromatic rings. The Morgan fingerprint density at radius 1 is 0.974 bits per heavy atom. The highest BCUT2D eigenvalue weighted by Gasteiger charge is 2.39. The molecule has 1 unspecified atom stereocenters. The van der Waals surface area contributed by atoms with Crippen LogP contribution < -0.4 is 0 Å². The lowest BCUT2D eigenvalue weighted by atomic mass is 9.72. The Kier molecular flexibility index (Phi) is 9.80. The number of carbonyl (C=O) groups is 1. The normalized spacial score (nSPS) is 19.7. The molecule has 0 spiro atoms. The monoisotopic (exact) mass is 510 g/mol. The van der Waals surface area contributed by atoms with Gasteiger partial charge in [-0.05, 0) is 87.4 Å². The largest absolute Gasteiger partial charge is 0.343 e. The van der Waals surface area contributed by atoms with Crippen LogP contribution in [0.15, 0.2) is 90.6 Å². The van der Waals surface area contributed by atoms with Crippen LogP contribution in [0.25, 0.3) is 0 Å². The Hall–Kier alpha value is -2.91. The number of likely N-dealkylation sites (tertiary alicyclic amines) is 2. The third kappa shape index (κ3) is 6.56. The van der Waals surface area contributed by atoms with E-state index in [1.807, 2.05) is 13.0 Å². The number of rotatable bonds is 9. The molecule has 38 heavy (non-hydrogen) atoms. The molecule has 0 N–H and O–H groups in total. The van der Waals surface area contributed by atoms with E-state index in [1.54, 1.807) is 0 Å². The van der Waals surface area contributed by atoms with Crippen molar-refractivity contribution in [3.63, 3.8) is 0 Å². The Morgan fingerprint density at radius 3 is 2.26 bits per heavy atom. The van der Waals surface area contributed by atoms with Crippen LogP contribution >= 0.6 is 0 Å². The maximum atomic E-state index is 13.9. The molecule has 0 radical (unpaired) electrons. The first-order valence-electron chi connectivity index (χ1n) is 14.5. The summed E-state index contributed by atoms with van der Waals surface area (Å²) in [5.74, 6) is 0.281. The standard InChI is InChI=1S/C35H46N2O/c1-5-15-31(28(3)6-2)33(32-19-12-11-16-29(32)4)26-34(38)37-24-20-35(21-25-37,30-17-9-7-10-18-30)27-36-22-13-8-14-23-36/h5-7,9-12,15-19,33H,2,8,13-14,20-27H2,1,3-4H3/b15-5-,31-28+. The Labute approximate surface area is 230 Å². The van der Waals surface area contributed by atoms with Gasteiger partial charge in [-0.1, -0.05) is 85.8 Å². The van der Waals surface area contributed by atoms with E-state index in [-0.39, 0.29) is 17.2 Å². The van der Waals surface area contributed by atoms with Crippen molar-refractivity contribution in [2.24, 2.45) is 0 Å². The molecular weight excluding hydrogens is 464 g/mol. The minimum Gasteiger partial charge on any atom is -0.343 e. The number of nitrogens with zero attached hydrogens (tertiary/aromatic N) is 2. The minimum atomic E-state index is 0.0204. The van der Waals surface area contributed by atoms with Crippen LogP contribution in [0.1, 0.15) is 75.0 Å². The van der Waals surface area contributed by atoms with Crippen molar-refractivity contribution in [1.82, 2.24) is 9.80 Å². The molecule has 2 fully saturated rings. The third-order valence-corrected chi connectivity index (χ3v) is 8.86. The van der Waals surface area contributed by atoms with Crippen LogP contribution in [0.3, 0.4) is 0 Å². The molecule has 2 aromatic carbocycles. The van der Waals surface area contributed by atoms with Crippen LogP contribution in [0.2, 0.25) is 0 Å². The van der Waals surface area contributed by atoms with Gasteiger partial charge in [0, 0.05) is 37.4 Å². The lowest BCUT2D eigenvalue weighted by molar-refractivity contribution is -0.133. The fourth-order valence-corrected chi connectivity index (χ4v) is 6.55. The maximum Gasteiger partial charge on any atom is 0.223 e. The summed E-state index contributed by atoms with van der Waals surface area (Å²) in [4.78, 5) is 18.7. The van der Waals surface area contributed by atoms with E-state index in [0.29, 0.717) is 6.42 Å². The fourth-order valence-electron chi connectivity index (χ4n) is 6.55. The molecule has 202 valence electrons. The number of benzene rings is 2. The van der Waals surface area contributed by atoms with E-state index in [9.17, 15) is 4.79 Å². The lowest BCUT2D eigenvalue weighted by Crippen LogP contribution is -2.51. The average molecular weight is 511 g/mol. The molecule has 2 heterocycles. The average Bonchev–Trinajstić information content (AvgIpc) is 2.96. The predicted molar refractivity (Wildman–Crippen MR) is 160 cm³/mol. The summed E-state index contributed by atoms with van der Waals surface area (Å²) in [5, 5.41) is 0. The van der Waals surface area contributed by atoms with E-state index in [4.69, 9.17) is 0 Å².